The van der Waals surface area contributed by atoms with Crippen molar-refractivity contribution in [1.29, 1.82) is 0 Å². The van der Waals surface area contributed by atoms with Crippen molar-refractivity contribution in [1.82, 2.24) is 0 Å². The summed E-state index contributed by atoms with van der Waals surface area (Å²) in [5, 5.41) is 8.38. The molecular formula is C20H28O2. The Morgan fingerprint density at radius 2 is 1.23 bits per heavy atom. The zero-order valence-electron chi connectivity index (χ0n) is 13.5. The van der Waals surface area contributed by atoms with Crippen LogP contribution in [0.25, 0.3) is 0 Å². The third-order valence-electron chi connectivity index (χ3n) is 2.85. The molecule has 0 amide bonds. The number of hydrogen-bond acceptors (Lipinski definition) is 1. The Kier molecular flexibility index (Phi) is 15.4. The number of carboxylic acid groups (broad SMARTS) is 1. The lowest BCUT2D eigenvalue weighted by Crippen LogP contribution is -1.84. The van der Waals surface area contributed by atoms with Crippen molar-refractivity contribution >= 4 is 5.97 Å². The van der Waals surface area contributed by atoms with Crippen LogP contribution in [0.15, 0.2) is 72.9 Å². The van der Waals surface area contributed by atoms with E-state index in [1.165, 1.54) is 38.2 Å². The first-order chi connectivity index (χ1) is 10.8. The summed E-state index contributed by atoms with van der Waals surface area (Å²) in [5.74, 6) is -0.937. The number of allylic oxidation sites excluding steroid dienone is 11. The molecule has 2 nitrogen and oxygen atoms in total. The molecule has 0 aliphatic heterocycles. The number of rotatable bonds is 12. The van der Waals surface area contributed by atoms with Gasteiger partial charge in [0.15, 0.2) is 0 Å². The van der Waals surface area contributed by atoms with E-state index in [9.17, 15) is 4.79 Å². The van der Waals surface area contributed by atoms with Gasteiger partial charge in [-0.05, 0) is 12.8 Å². The summed E-state index contributed by atoms with van der Waals surface area (Å²) in [6, 6.07) is 0. The Labute approximate surface area is 134 Å². The summed E-state index contributed by atoms with van der Waals surface area (Å²) in [6.45, 7) is 2.24. The summed E-state index contributed by atoms with van der Waals surface area (Å²) < 4.78 is 0. The summed E-state index contributed by atoms with van der Waals surface area (Å²) >= 11 is 0. The Morgan fingerprint density at radius 1 is 0.727 bits per heavy atom. The number of carboxylic acids is 1. The van der Waals surface area contributed by atoms with Crippen LogP contribution in [0.2, 0.25) is 0 Å². The van der Waals surface area contributed by atoms with Crippen LogP contribution in [0.3, 0.4) is 0 Å². The second kappa shape index (κ2) is 17.0. The highest BCUT2D eigenvalue weighted by Gasteiger charge is 1.85. The van der Waals surface area contributed by atoms with E-state index in [1.807, 2.05) is 36.5 Å². The van der Waals surface area contributed by atoms with Crippen LogP contribution in [0.5, 0.6) is 0 Å². The van der Waals surface area contributed by atoms with Gasteiger partial charge in [0.1, 0.15) is 0 Å². The van der Waals surface area contributed by atoms with Crippen molar-refractivity contribution in [3.8, 4) is 0 Å². The van der Waals surface area contributed by atoms with Gasteiger partial charge in [-0.2, -0.15) is 0 Å². The highest BCUT2D eigenvalue weighted by molar-refractivity contribution is 5.80. The molecule has 0 aromatic heterocycles. The lowest BCUT2D eigenvalue weighted by molar-refractivity contribution is -0.131. The van der Waals surface area contributed by atoms with Gasteiger partial charge < -0.3 is 5.11 Å². The molecule has 0 aliphatic rings. The molecule has 0 spiro atoms. The van der Waals surface area contributed by atoms with Gasteiger partial charge in [0, 0.05) is 6.08 Å². The molecule has 0 aliphatic carbocycles. The van der Waals surface area contributed by atoms with E-state index in [4.69, 9.17) is 5.11 Å². The molecular weight excluding hydrogens is 272 g/mol. The van der Waals surface area contributed by atoms with Crippen LogP contribution in [0.1, 0.15) is 45.4 Å². The predicted octanol–water partition coefficient (Wildman–Crippen LogP) is 5.77. The molecule has 0 aromatic carbocycles. The fourth-order valence-electron chi connectivity index (χ4n) is 1.69. The normalized spacial score (nSPS) is 13.1. The summed E-state index contributed by atoms with van der Waals surface area (Å²) in [6.07, 6.45) is 29.8. The molecule has 0 unspecified atom stereocenters. The van der Waals surface area contributed by atoms with E-state index in [0.717, 1.165) is 12.5 Å². The smallest absolute Gasteiger partial charge is 0.328 e. The van der Waals surface area contributed by atoms with Gasteiger partial charge in [-0.15, -0.1) is 0 Å². The van der Waals surface area contributed by atoms with Gasteiger partial charge in [-0.25, -0.2) is 4.79 Å². The lowest BCUT2D eigenvalue weighted by Gasteiger charge is -1.95. The van der Waals surface area contributed by atoms with Crippen molar-refractivity contribution in [3.05, 3.63) is 72.9 Å². The van der Waals surface area contributed by atoms with E-state index in [-0.39, 0.29) is 0 Å². The van der Waals surface area contributed by atoms with E-state index in [0.29, 0.717) is 0 Å². The highest BCUT2D eigenvalue weighted by atomic mass is 16.4. The standard InChI is InChI=1S/C20H28O2/c1-2-3-4-5-6-7-8-9-10-11-12-13-14-15-16-17-18-19-20(21)22/h8-19H,2-7H2,1H3,(H,21,22)/b9-8+,11-10-,13-12+,15-14+,17-16+,19-18+. The lowest BCUT2D eigenvalue weighted by atomic mass is 10.1. The number of aliphatic carboxylic acids is 1. The summed E-state index contributed by atoms with van der Waals surface area (Å²) in [4.78, 5) is 10.2. The number of unbranched alkanes of at least 4 members (excludes halogenated alkanes) is 5. The molecule has 2 heteroatoms. The van der Waals surface area contributed by atoms with Crippen LogP contribution >= 0.6 is 0 Å². The van der Waals surface area contributed by atoms with E-state index < -0.39 is 5.97 Å². The molecule has 0 atom stereocenters. The minimum absolute atomic E-state index is 0.937. The van der Waals surface area contributed by atoms with Crippen LogP contribution < -0.4 is 0 Å². The first-order valence-electron chi connectivity index (χ1n) is 8.00. The Hall–Kier alpha value is -2.09. The molecule has 0 aromatic rings. The molecule has 0 bridgehead atoms. The zero-order chi connectivity index (χ0) is 16.3. The van der Waals surface area contributed by atoms with Crippen molar-refractivity contribution < 1.29 is 9.90 Å². The molecule has 0 heterocycles. The summed E-state index contributed by atoms with van der Waals surface area (Å²) in [5.41, 5.74) is 0. The largest absolute Gasteiger partial charge is 0.478 e. The van der Waals surface area contributed by atoms with E-state index in [1.54, 1.807) is 12.2 Å². The molecule has 0 saturated carbocycles. The third-order valence-corrected chi connectivity index (χ3v) is 2.85. The third kappa shape index (κ3) is 17.9. The van der Waals surface area contributed by atoms with Gasteiger partial charge >= 0.3 is 5.97 Å². The van der Waals surface area contributed by atoms with Gasteiger partial charge in [-0.3, -0.25) is 0 Å². The van der Waals surface area contributed by atoms with E-state index >= 15 is 0 Å². The Balaban J connectivity index is 3.64. The van der Waals surface area contributed by atoms with Crippen LogP contribution in [-0.2, 0) is 4.79 Å². The van der Waals surface area contributed by atoms with E-state index in [2.05, 4.69) is 19.1 Å². The minimum atomic E-state index is -0.937. The topological polar surface area (TPSA) is 37.3 Å². The number of carbonyl (C=O) groups is 1. The maximum Gasteiger partial charge on any atom is 0.328 e. The number of hydrogen-bond donors (Lipinski definition) is 1. The average Bonchev–Trinajstić information content (AvgIpc) is 2.50. The Bertz CT molecular complexity index is 435. The second-order valence-electron chi connectivity index (χ2n) is 4.87. The van der Waals surface area contributed by atoms with Crippen molar-refractivity contribution in [2.45, 2.75) is 45.4 Å². The minimum Gasteiger partial charge on any atom is -0.478 e. The highest BCUT2D eigenvalue weighted by Crippen LogP contribution is 2.05. The first kappa shape index (κ1) is 19.9. The maximum absolute atomic E-state index is 10.2. The fourth-order valence-corrected chi connectivity index (χ4v) is 1.69. The van der Waals surface area contributed by atoms with Gasteiger partial charge in [0.25, 0.3) is 0 Å². The zero-order valence-corrected chi connectivity index (χ0v) is 13.5. The fraction of sp³-hybridized carbons (Fsp3) is 0.350. The molecule has 0 fully saturated rings. The predicted molar refractivity (Wildman–Crippen MR) is 95.9 cm³/mol. The van der Waals surface area contributed by atoms with Crippen molar-refractivity contribution in [2.75, 3.05) is 0 Å². The molecule has 120 valence electrons. The average molecular weight is 300 g/mol. The molecule has 0 rings (SSSR count). The van der Waals surface area contributed by atoms with Crippen LogP contribution in [0, 0.1) is 0 Å². The van der Waals surface area contributed by atoms with Crippen LogP contribution in [0.4, 0.5) is 0 Å². The Morgan fingerprint density at radius 3 is 1.77 bits per heavy atom. The second-order valence-corrected chi connectivity index (χ2v) is 4.87. The quantitative estimate of drug-likeness (QED) is 0.282. The first-order valence-corrected chi connectivity index (χ1v) is 8.00. The maximum atomic E-state index is 10.2. The SMILES string of the molecule is CCCCCCC/C=C/C=C\C=C\C=C\C=C\C=C\C(=O)O. The molecule has 0 saturated heterocycles. The van der Waals surface area contributed by atoms with Crippen LogP contribution in [-0.4, -0.2) is 11.1 Å². The monoisotopic (exact) mass is 300 g/mol. The molecule has 0 radical (unpaired) electrons. The molecule has 22 heavy (non-hydrogen) atoms. The van der Waals surface area contributed by atoms with Gasteiger partial charge in [0.2, 0.25) is 0 Å². The molecule has 1 N–H and O–H groups in total. The summed E-state index contributed by atoms with van der Waals surface area (Å²) in [7, 11) is 0. The van der Waals surface area contributed by atoms with Crippen molar-refractivity contribution in [3.63, 3.8) is 0 Å². The van der Waals surface area contributed by atoms with Gasteiger partial charge in [-0.1, -0.05) is 99.4 Å². The van der Waals surface area contributed by atoms with Gasteiger partial charge in [0.05, 0.1) is 0 Å². The van der Waals surface area contributed by atoms with Crippen molar-refractivity contribution in [2.24, 2.45) is 0 Å².